The van der Waals surface area contributed by atoms with E-state index in [-0.39, 0.29) is 28.6 Å². The first kappa shape index (κ1) is 22.4. The molecule has 9 rings (SSSR count). The Hall–Kier alpha value is -2.77. The van der Waals surface area contributed by atoms with Crippen LogP contribution in [0.3, 0.4) is 0 Å². The third kappa shape index (κ3) is 3.36. The number of benzene rings is 1. The van der Waals surface area contributed by atoms with Crippen LogP contribution in [-0.4, -0.2) is 34.7 Å². The van der Waals surface area contributed by atoms with Crippen molar-refractivity contribution in [3.8, 4) is 11.5 Å². The summed E-state index contributed by atoms with van der Waals surface area (Å²) >= 11 is 0. The largest absolute Gasteiger partial charge is 0.420 e. The van der Waals surface area contributed by atoms with Crippen molar-refractivity contribution >= 4 is 17.5 Å². The maximum absolute atomic E-state index is 14.5. The fourth-order valence-corrected chi connectivity index (χ4v) is 7.59. The summed E-state index contributed by atoms with van der Waals surface area (Å²) in [7, 11) is 0. The molecular formula is C28H33FN4O3. The fraction of sp³-hybridized carbons (Fsp3) is 0.643. The molecule has 0 radical (unpaired) electrons. The number of anilines is 1. The third-order valence-electron chi connectivity index (χ3n) is 10.3. The first-order chi connectivity index (χ1) is 17.3. The minimum absolute atomic E-state index is 0.0279. The van der Waals surface area contributed by atoms with Gasteiger partial charge in [0.15, 0.2) is 0 Å². The van der Waals surface area contributed by atoms with Gasteiger partial charge in [0.2, 0.25) is 23.6 Å². The molecule has 1 heterocycles. The van der Waals surface area contributed by atoms with Crippen LogP contribution in [0.1, 0.15) is 82.4 Å². The number of hydrogen-bond acceptors (Lipinski definition) is 5. The van der Waals surface area contributed by atoms with Crippen LogP contribution in [0.25, 0.3) is 11.5 Å². The van der Waals surface area contributed by atoms with E-state index in [4.69, 9.17) is 10.2 Å². The predicted molar refractivity (Wildman–Crippen MR) is 130 cm³/mol. The minimum atomic E-state index is -0.875. The number of primary amides is 1. The molecule has 7 nitrogen and oxygen atoms in total. The van der Waals surface area contributed by atoms with Gasteiger partial charge in [-0.15, -0.1) is 10.2 Å². The summed E-state index contributed by atoms with van der Waals surface area (Å²) in [6.07, 6.45) is 7.94. The zero-order valence-electron chi connectivity index (χ0n) is 20.5. The molecule has 1 aromatic heterocycles. The van der Waals surface area contributed by atoms with Gasteiger partial charge in [0, 0.05) is 29.1 Å². The smallest absolute Gasteiger partial charge is 0.247 e. The molecule has 1 unspecified atom stereocenters. The fourth-order valence-electron chi connectivity index (χ4n) is 7.59. The molecule has 0 aliphatic heterocycles. The molecule has 2 amide bonds. The van der Waals surface area contributed by atoms with Crippen molar-refractivity contribution < 1.29 is 18.4 Å². The molecule has 36 heavy (non-hydrogen) atoms. The number of halogens is 1. The molecule has 7 aliphatic carbocycles. The van der Waals surface area contributed by atoms with Crippen molar-refractivity contribution in [1.82, 2.24) is 10.2 Å². The SMILES string of the molecule is NC(=O)C12CCC(CN(C(=O)C34CC(F)C(C3)C4)c3cccc(-c4nnc(C5CC5)o4)c3)(CC1)CC2. The zero-order chi connectivity index (χ0) is 24.7. The van der Waals surface area contributed by atoms with Crippen molar-refractivity contribution in [2.45, 2.75) is 82.7 Å². The van der Waals surface area contributed by atoms with Gasteiger partial charge in [-0.05, 0) is 100 Å². The lowest BCUT2D eigenvalue weighted by molar-refractivity contribution is -0.138. The van der Waals surface area contributed by atoms with Crippen LogP contribution in [0.4, 0.5) is 10.1 Å². The van der Waals surface area contributed by atoms with Gasteiger partial charge in [-0.25, -0.2) is 4.39 Å². The van der Waals surface area contributed by atoms with Gasteiger partial charge in [-0.3, -0.25) is 9.59 Å². The van der Waals surface area contributed by atoms with Crippen LogP contribution in [0.15, 0.2) is 28.7 Å². The van der Waals surface area contributed by atoms with Crippen LogP contribution >= 0.6 is 0 Å². The zero-order valence-corrected chi connectivity index (χ0v) is 20.5. The Kier molecular flexibility index (Phi) is 4.75. The van der Waals surface area contributed by atoms with Crippen molar-refractivity contribution in [3.63, 3.8) is 0 Å². The number of hydrogen-bond donors (Lipinski definition) is 1. The standard InChI is InChI=1S/C28H33FN4O3/c29-21-15-28(13-19(21)14-28)25(35)33(16-26-6-9-27(10-7-26,11-8-26)24(30)34)20-3-1-2-18(12-20)23-32-31-22(36-23)17-4-5-17/h1-3,12,17,19,21H,4-11,13-16H2,(H2,30,34). The molecule has 4 bridgehead atoms. The van der Waals surface area contributed by atoms with Crippen LogP contribution in [-0.2, 0) is 9.59 Å². The predicted octanol–water partition coefficient (Wildman–Crippen LogP) is 4.91. The maximum atomic E-state index is 14.5. The molecule has 0 spiro atoms. The van der Waals surface area contributed by atoms with Crippen LogP contribution in [0.2, 0.25) is 0 Å². The summed E-state index contributed by atoms with van der Waals surface area (Å²) in [5, 5.41) is 8.48. The van der Waals surface area contributed by atoms with E-state index in [0.29, 0.717) is 43.5 Å². The van der Waals surface area contributed by atoms with E-state index in [1.165, 1.54) is 0 Å². The third-order valence-corrected chi connectivity index (χ3v) is 10.3. The molecule has 1 aromatic carbocycles. The van der Waals surface area contributed by atoms with E-state index < -0.39 is 11.6 Å². The molecule has 190 valence electrons. The number of fused-ring (bicyclic) bond motifs is 4. The summed E-state index contributed by atoms with van der Waals surface area (Å²) in [4.78, 5) is 28.2. The van der Waals surface area contributed by atoms with Crippen LogP contribution < -0.4 is 10.6 Å². The van der Waals surface area contributed by atoms with Crippen molar-refractivity contribution in [3.05, 3.63) is 30.2 Å². The summed E-state index contributed by atoms with van der Waals surface area (Å²) in [6, 6.07) is 7.79. The van der Waals surface area contributed by atoms with E-state index in [9.17, 15) is 14.0 Å². The Labute approximate surface area is 210 Å². The average molecular weight is 493 g/mol. The summed E-state index contributed by atoms with van der Waals surface area (Å²) in [5.74, 6) is 1.42. The number of rotatable bonds is 7. The Morgan fingerprint density at radius 2 is 1.75 bits per heavy atom. The van der Waals surface area contributed by atoms with Gasteiger partial charge in [-0.1, -0.05) is 6.07 Å². The van der Waals surface area contributed by atoms with Gasteiger partial charge < -0.3 is 15.1 Å². The highest BCUT2D eigenvalue weighted by atomic mass is 19.1. The summed E-state index contributed by atoms with van der Waals surface area (Å²) in [6.45, 7) is 0.588. The first-order valence-electron chi connectivity index (χ1n) is 13.5. The first-order valence-corrected chi connectivity index (χ1v) is 13.5. The normalized spacial score (nSPS) is 36.5. The van der Waals surface area contributed by atoms with E-state index >= 15 is 0 Å². The highest BCUT2D eigenvalue weighted by molar-refractivity contribution is 5.99. The van der Waals surface area contributed by atoms with Crippen LogP contribution in [0.5, 0.6) is 0 Å². The van der Waals surface area contributed by atoms with Gasteiger partial charge in [-0.2, -0.15) is 0 Å². The maximum Gasteiger partial charge on any atom is 0.247 e. The van der Waals surface area contributed by atoms with Crippen LogP contribution in [0, 0.1) is 22.2 Å². The van der Waals surface area contributed by atoms with Gasteiger partial charge in [0.1, 0.15) is 6.17 Å². The quantitative estimate of drug-likeness (QED) is 0.592. The number of alkyl halides is 1. The second-order valence-corrected chi connectivity index (χ2v) is 12.5. The van der Waals surface area contributed by atoms with Gasteiger partial charge in [0.25, 0.3) is 0 Å². The number of amides is 2. The highest BCUT2D eigenvalue weighted by Gasteiger charge is 2.62. The molecule has 7 saturated carbocycles. The number of carbonyl (C=O) groups is 2. The number of nitrogens with zero attached hydrogens (tertiary/aromatic N) is 3. The number of aromatic nitrogens is 2. The van der Waals surface area contributed by atoms with Gasteiger partial charge in [0.05, 0.1) is 5.41 Å². The summed E-state index contributed by atoms with van der Waals surface area (Å²) in [5.41, 5.74) is 6.37. The molecule has 7 fully saturated rings. The second kappa shape index (κ2) is 7.62. The Morgan fingerprint density at radius 3 is 2.36 bits per heavy atom. The average Bonchev–Trinajstić information content (AvgIpc) is 3.37. The number of carbonyl (C=O) groups excluding carboxylic acids is 2. The topological polar surface area (TPSA) is 102 Å². The Morgan fingerprint density at radius 1 is 1.03 bits per heavy atom. The Balaban J connectivity index is 1.21. The highest BCUT2D eigenvalue weighted by Crippen LogP contribution is 2.62. The molecule has 2 aromatic rings. The molecular weight excluding hydrogens is 459 g/mol. The molecule has 1 atom stereocenters. The molecule has 7 aliphatic rings. The molecule has 8 heteroatoms. The minimum Gasteiger partial charge on any atom is -0.420 e. The number of nitrogens with two attached hydrogens (primary N) is 1. The van der Waals surface area contributed by atoms with E-state index in [2.05, 4.69) is 10.2 Å². The van der Waals surface area contributed by atoms with Crippen molar-refractivity contribution in [2.24, 2.45) is 27.9 Å². The molecule has 2 N–H and O–H groups in total. The lowest BCUT2D eigenvalue weighted by Gasteiger charge is -2.54. The Bertz CT molecular complexity index is 1210. The van der Waals surface area contributed by atoms with E-state index in [1.54, 1.807) is 0 Å². The summed E-state index contributed by atoms with van der Waals surface area (Å²) < 4.78 is 20.4. The second-order valence-electron chi connectivity index (χ2n) is 12.5. The monoisotopic (exact) mass is 492 g/mol. The van der Waals surface area contributed by atoms with E-state index in [0.717, 1.165) is 62.6 Å². The van der Waals surface area contributed by atoms with Crippen molar-refractivity contribution in [2.75, 3.05) is 11.4 Å². The van der Waals surface area contributed by atoms with Gasteiger partial charge >= 0.3 is 0 Å². The van der Waals surface area contributed by atoms with E-state index in [1.807, 2.05) is 29.2 Å². The van der Waals surface area contributed by atoms with Crippen molar-refractivity contribution in [1.29, 1.82) is 0 Å². The lowest BCUT2D eigenvalue weighted by atomic mass is 9.53. The lowest BCUT2D eigenvalue weighted by Crippen LogP contribution is -2.55. The molecule has 0 saturated heterocycles.